The van der Waals surface area contributed by atoms with Crippen LogP contribution >= 0.6 is 11.8 Å². The Labute approximate surface area is 115 Å². The highest BCUT2D eigenvalue weighted by molar-refractivity contribution is 8.00. The molecule has 0 aliphatic carbocycles. The average molecular weight is 270 g/mol. The van der Waals surface area contributed by atoms with E-state index in [1.807, 2.05) is 11.8 Å². The number of thioether (sulfide) groups is 1. The van der Waals surface area contributed by atoms with E-state index in [1.165, 1.54) is 18.6 Å². The summed E-state index contributed by atoms with van der Waals surface area (Å²) < 4.78 is 0. The molecule has 1 N–H and O–H groups in total. The Kier molecular flexibility index (Phi) is 5.37. The smallest absolute Gasteiger partial charge is 0.241 e. The maximum Gasteiger partial charge on any atom is 0.241 e. The van der Waals surface area contributed by atoms with Gasteiger partial charge in [-0.05, 0) is 31.4 Å². The van der Waals surface area contributed by atoms with Gasteiger partial charge in [-0.1, -0.05) is 26.7 Å². The number of hydrogen-bond acceptors (Lipinski definition) is 3. The van der Waals surface area contributed by atoms with Crippen molar-refractivity contribution >= 4 is 17.7 Å². The lowest BCUT2D eigenvalue weighted by molar-refractivity contribution is -0.130. The molecule has 1 amide bonds. The fourth-order valence-corrected chi connectivity index (χ4v) is 4.25. The minimum absolute atomic E-state index is 0.0814. The quantitative estimate of drug-likeness (QED) is 0.805. The summed E-state index contributed by atoms with van der Waals surface area (Å²) in [6.07, 6.45) is 7.18. The van der Waals surface area contributed by atoms with E-state index in [-0.39, 0.29) is 6.04 Å². The molecule has 4 heteroatoms. The van der Waals surface area contributed by atoms with Crippen LogP contribution in [0.15, 0.2) is 0 Å². The Morgan fingerprint density at radius 1 is 1.33 bits per heavy atom. The number of nitrogens with zero attached hydrogens (tertiary/aromatic N) is 1. The summed E-state index contributed by atoms with van der Waals surface area (Å²) in [6, 6.07) is 0.0814. The van der Waals surface area contributed by atoms with Crippen LogP contribution in [0.5, 0.6) is 0 Å². The highest BCUT2D eigenvalue weighted by Crippen LogP contribution is 2.29. The molecule has 0 bridgehead atoms. The third kappa shape index (κ3) is 3.21. The number of carbonyl (C=O) groups excluding carboxylic acids is 1. The van der Waals surface area contributed by atoms with Gasteiger partial charge in [-0.25, -0.2) is 0 Å². The number of carbonyl (C=O) groups is 1. The summed E-state index contributed by atoms with van der Waals surface area (Å²) in [5, 5.41) is 4.21. The summed E-state index contributed by atoms with van der Waals surface area (Å²) in [5.74, 6) is 1.62. The second-order valence-corrected chi connectivity index (χ2v) is 6.85. The average Bonchev–Trinajstić information content (AvgIpc) is 2.95. The molecule has 0 saturated carbocycles. The topological polar surface area (TPSA) is 32.3 Å². The zero-order valence-electron chi connectivity index (χ0n) is 11.7. The number of nitrogens with one attached hydrogen (secondary N) is 1. The molecular weight excluding hydrogens is 244 g/mol. The van der Waals surface area contributed by atoms with Crippen molar-refractivity contribution in [2.75, 3.05) is 12.3 Å². The summed E-state index contributed by atoms with van der Waals surface area (Å²) in [4.78, 5) is 14.6. The Bertz CT molecular complexity index is 279. The second-order valence-electron chi connectivity index (χ2n) is 5.44. The van der Waals surface area contributed by atoms with Crippen molar-refractivity contribution in [2.45, 2.75) is 69.8 Å². The molecule has 2 heterocycles. The highest BCUT2D eigenvalue weighted by atomic mass is 32.2. The van der Waals surface area contributed by atoms with Crippen LogP contribution in [-0.2, 0) is 4.79 Å². The summed E-state index contributed by atoms with van der Waals surface area (Å²) in [5.41, 5.74) is 0. The largest absolute Gasteiger partial charge is 0.325 e. The Hall–Kier alpha value is -0.220. The molecule has 2 saturated heterocycles. The molecule has 2 aliphatic heterocycles. The molecule has 3 unspecified atom stereocenters. The van der Waals surface area contributed by atoms with Crippen molar-refractivity contribution in [3.63, 3.8) is 0 Å². The van der Waals surface area contributed by atoms with Crippen LogP contribution in [0.1, 0.15) is 52.4 Å². The maximum atomic E-state index is 12.4. The van der Waals surface area contributed by atoms with E-state index in [1.54, 1.807) is 0 Å². The predicted octanol–water partition coefficient (Wildman–Crippen LogP) is 2.61. The van der Waals surface area contributed by atoms with E-state index in [2.05, 4.69) is 24.1 Å². The molecule has 2 fully saturated rings. The van der Waals surface area contributed by atoms with Crippen molar-refractivity contribution in [3.05, 3.63) is 0 Å². The van der Waals surface area contributed by atoms with Gasteiger partial charge < -0.3 is 4.90 Å². The van der Waals surface area contributed by atoms with Crippen molar-refractivity contribution in [1.82, 2.24) is 10.2 Å². The van der Waals surface area contributed by atoms with Gasteiger partial charge in [0.2, 0.25) is 5.91 Å². The third-order valence-corrected chi connectivity index (χ3v) is 5.30. The van der Waals surface area contributed by atoms with E-state index < -0.39 is 0 Å². The highest BCUT2D eigenvalue weighted by Gasteiger charge is 2.38. The molecule has 104 valence electrons. The summed E-state index contributed by atoms with van der Waals surface area (Å²) in [7, 11) is 0. The van der Waals surface area contributed by atoms with Gasteiger partial charge in [0.1, 0.15) is 0 Å². The first kappa shape index (κ1) is 14.2. The number of amides is 1. The predicted molar refractivity (Wildman–Crippen MR) is 77.7 cm³/mol. The summed E-state index contributed by atoms with van der Waals surface area (Å²) >= 11 is 2.04. The molecule has 0 spiro atoms. The van der Waals surface area contributed by atoms with Crippen molar-refractivity contribution in [3.8, 4) is 0 Å². The van der Waals surface area contributed by atoms with Gasteiger partial charge in [0.15, 0.2) is 0 Å². The van der Waals surface area contributed by atoms with E-state index in [4.69, 9.17) is 0 Å². The molecule has 0 aromatic carbocycles. The molecule has 0 aromatic heterocycles. The van der Waals surface area contributed by atoms with Crippen LogP contribution in [0.2, 0.25) is 0 Å². The third-order valence-electron chi connectivity index (χ3n) is 3.91. The zero-order valence-corrected chi connectivity index (χ0v) is 12.5. The molecule has 2 rings (SSSR count). The molecule has 18 heavy (non-hydrogen) atoms. The van der Waals surface area contributed by atoms with Crippen molar-refractivity contribution < 1.29 is 4.79 Å². The first-order chi connectivity index (χ1) is 8.76. The van der Waals surface area contributed by atoms with Crippen LogP contribution in [0.4, 0.5) is 0 Å². The lowest BCUT2D eigenvalue weighted by Crippen LogP contribution is -2.40. The summed E-state index contributed by atoms with van der Waals surface area (Å²) in [6.45, 7) is 5.31. The Balaban J connectivity index is 1.96. The van der Waals surface area contributed by atoms with Gasteiger partial charge in [0, 0.05) is 11.8 Å². The minimum Gasteiger partial charge on any atom is -0.325 e. The monoisotopic (exact) mass is 270 g/mol. The zero-order chi connectivity index (χ0) is 13.0. The normalized spacial score (nSPS) is 32.4. The number of rotatable bonds is 6. The first-order valence-corrected chi connectivity index (χ1v) is 8.49. The standard InChI is InChI=1S/C14H26N2OS/c1-3-6-12-14(17)16(13(15-12)7-4-2)10-11-8-5-9-18-11/h11-13,15H,3-10H2,1-2H3. The number of hydrogen-bond donors (Lipinski definition) is 1. The minimum atomic E-state index is 0.0814. The van der Waals surface area contributed by atoms with Crippen LogP contribution in [0, 0.1) is 0 Å². The van der Waals surface area contributed by atoms with Gasteiger partial charge in [-0.3, -0.25) is 10.1 Å². The van der Waals surface area contributed by atoms with Gasteiger partial charge >= 0.3 is 0 Å². The van der Waals surface area contributed by atoms with Gasteiger partial charge in [-0.2, -0.15) is 11.8 Å². The van der Waals surface area contributed by atoms with Crippen LogP contribution < -0.4 is 5.32 Å². The SMILES string of the molecule is CCCC1NC(CCC)N(CC2CCCS2)C1=O. The molecule has 0 radical (unpaired) electrons. The fourth-order valence-electron chi connectivity index (χ4n) is 2.98. The molecule has 3 atom stereocenters. The second kappa shape index (κ2) is 6.80. The van der Waals surface area contributed by atoms with Gasteiger partial charge in [0.05, 0.1) is 12.2 Å². The Morgan fingerprint density at radius 2 is 2.11 bits per heavy atom. The lowest BCUT2D eigenvalue weighted by atomic mass is 10.1. The fraction of sp³-hybridized carbons (Fsp3) is 0.929. The maximum absolute atomic E-state index is 12.4. The van der Waals surface area contributed by atoms with Crippen molar-refractivity contribution in [2.24, 2.45) is 0 Å². The van der Waals surface area contributed by atoms with Gasteiger partial charge in [-0.15, -0.1) is 0 Å². The van der Waals surface area contributed by atoms with Crippen molar-refractivity contribution in [1.29, 1.82) is 0 Å². The van der Waals surface area contributed by atoms with E-state index in [9.17, 15) is 4.79 Å². The van der Waals surface area contributed by atoms with E-state index in [0.29, 0.717) is 17.3 Å². The molecule has 0 aromatic rings. The first-order valence-electron chi connectivity index (χ1n) is 7.44. The van der Waals surface area contributed by atoms with Gasteiger partial charge in [0.25, 0.3) is 0 Å². The molecule has 2 aliphatic rings. The van der Waals surface area contributed by atoms with Crippen LogP contribution in [0.3, 0.4) is 0 Å². The Morgan fingerprint density at radius 3 is 2.72 bits per heavy atom. The van der Waals surface area contributed by atoms with Crippen LogP contribution in [-0.4, -0.2) is 40.6 Å². The lowest BCUT2D eigenvalue weighted by Gasteiger charge is -2.26. The molecular formula is C14H26N2OS. The molecule has 3 nitrogen and oxygen atoms in total. The van der Waals surface area contributed by atoms with Crippen LogP contribution in [0.25, 0.3) is 0 Å². The van der Waals surface area contributed by atoms with E-state index in [0.717, 1.165) is 32.2 Å². The van der Waals surface area contributed by atoms with E-state index >= 15 is 0 Å².